The average molecular weight is 575 g/mol. The number of rotatable bonds is 17. The van der Waals surface area contributed by atoms with E-state index in [1.807, 2.05) is 13.8 Å². The van der Waals surface area contributed by atoms with Crippen molar-refractivity contribution >= 4 is 17.7 Å². The summed E-state index contributed by atoms with van der Waals surface area (Å²) in [6.45, 7) is 7.63. The molecule has 2 rings (SSSR count). The maximum atomic E-state index is 13.9. The van der Waals surface area contributed by atoms with E-state index < -0.39 is 29.7 Å². The number of aryl methyl sites for hydroxylation is 1. The highest BCUT2D eigenvalue weighted by Crippen LogP contribution is 2.16. The van der Waals surface area contributed by atoms with Gasteiger partial charge in [0.15, 0.2) is 0 Å². The zero-order chi connectivity index (χ0) is 30.4. The molecule has 0 saturated heterocycles. The molecule has 2 aromatic rings. The van der Waals surface area contributed by atoms with Crippen LogP contribution in [0.3, 0.4) is 0 Å². The molecule has 0 unspecified atom stereocenters. The topological polar surface area (TPSA) is 125 Å². The van der Waals surface area contributed by atoms with E-state index >= 15 is 0 Å². The Morgan fingerprint density at radius 3 is 2.20 bits per heavy atom. The predicted octanol–water partition coefficient (Wildman–Crippen LogP) is 3.87. The van der Waals surface area contributed by atoms with Crippen molar-refractivity contribution < 1.29 is 28.3 Å². The zero-order valence-corrected chi connectivity index (χ0v) is 24.3. The second-order valence-corrected chi connectivity index (χ2v) is 10.4. The number of carbonyl (C=O) groups is 3. The normalized spacial score (nSPS) is 12.5. The molecule has 0 aliphatic heterocycles. The number of hydrogen-bond acceptors (Lipinski definition) is 5. The first kappa shape index (κ1) is 33.8. The maximum Gasteiger partial charge on any atom is 0.253 e. The van der Waals surface area contributed by atoms with Gasteiger partial charge in [-0.1, -0.05) is 13.8 Å². The number of aliphatic hydroxyl groups excluding tert-OH is 1. The lowest BCUT2D eigenvalue weighted by Crippen LogP contribution is -2.46. The van der Waals surface area contributed by atoms with Crippen LogP contribution < -0.4 is 16.4 Å². The monoisotopic (exact) mass is 574 g/mol. The lowest BCUT2D eigenvalue weighted by molar-refractivity contribution is -0.121. The summed E-state index contributed by atoms with van der Waals surface area (Å²) in [6, 6.07) is 7.02. The van der Waals surface area contributed by atoms with Crippen LogP contribution >= 0.6 is 0 Å². The molecule has 0 aliphatic carbocycles. The highest BCUT2D eigenvalue weighted by atomic mass is 19.1. The Morgan fingerprint density at radius 2 is 1.59 bits per heavy atom. The fraction of sp³-hybridized carbons (Fsp3) is 0.516. The van der Waals surface area contributed by atoms with Crippen molar-refractivity contribution in [3.63, 3.8) is 0 Å². The van der Waals surface area contributed by atoms with Crippen LogP contribution in [-0.4, -0.2) is 66.1 Å². The van der Waals surface area contributed by atoms with Crippen molar-refractivity contribution in [3.8, 4) is 0 Å². The highest BCUT2D eigenvalue weighted by Gasteiger charge is 2.24. The van der Waals surface area contributed by atoms with Crippen molar-refractivity contribution in [2.24, 2.45) is 5.73 Å². The Bertz CT molecular complexity index is 1130. The minimum atomic E-state index is -1.13. The quantitative estimate of drug-likeness (QED) is 0.214. The Morgan fingerprint density at radius 1 is 0.951 bits per heavy atom. The van der Waals surface area contributed by atoms with Crippen molar-refractivity contribution in [1.82, 2.24) is 15.5 Å². The molecule has 41 heavy (non-hydrogen) atoms. The molecule has 0 heterocycles. The van der Waals surface area contributed by atoms with Gasteiger partial charge in [0.25, 0.3) is 11.8 Å². The highest BCUT2D eigenvalue weighted by molar-refractivity contribution is 6.00. The van der Waals surface area contributed by atoms with E-state index in [0.29, 0.717) is 38.0 Å². The molecule has 10 heteroatoms. The summed E-state index contributed by atoms with van der Waals surface area (Å²) in [4.78, 5) is 40.4. The van der Waals surface area contributed by atoms with Crippen molar-refractivity contribution in [1.29, 1.82) is 0 Å². The molecular formula is C31H44F2N4O4. The van der Waals surface area contributed by atoms with Crippen LogP contribution in [0.1, 0.15) is 84.2 Å². The molecular weight excluding hydrogens is 530 g/mol. The number of hydrogen-bond donors (Lipinski definition) is 4. The summed E-state index contributed by atoms with van der Waals surface area (Å²) in [5, 5.41) is 16.5. The SMILES string of the molecule is CCCN(CCC)C(=O)c1cc(C)cc(C(=O)N[C@@H](Cc2cc(F)cc(F)c2)[C@H](O)CCNC(=O)CCCCN)c1. The van der Waals surface area contributed by atoms with Gasteiger partial charge in [0.2, 0.25) is 5.91 Å². The van der Waals surface area contributed by atoms with Crippen molar-refractivity contribution in [2.45, 2.75) is 77.9 Å². The molecule has 5 N–H and O–H groups in total. The fourth-order valence-electron chi connectivity index (χ4n) is 4.67. The molecule has 226 valence electrons. The van der Waals surface area contributed by atoms with Crippen LogP contribution in [0.5, 0.6) is 0 Å². The molecule has 0 radical (unpaired) electrons. The van der Waals surface area contributed by atoms with E-state index in [9.17, 15) is 28.3 Å². The summed E-state index contributed by atoms with van der Waals surface area (Å²) in [5.74, 6) is -2.41. The van der Waals surface area contributed by atoms with E-state index in [1.54, 1.807) is 24.0 Å². The van der Waals surface area contributed by atoms with Crippen LogP contribution in [0.2, 0.25) is 0 Å². The Hall–Kier alpha value is -3.37. The first-order chi connectivity index (χ1) is 19.6. The molecule has 2 atom stereocenters. The molecule has 0 spiro atoms. The van der Waals surface area contributed by atoms with Gasteiger partial charge in [-0.25, -0.2) is 8.78 Å². The predicted molar refractivity (Wildman–Crippen MR) is 156 cm³/mol. The van der Waals surface area contributed by atoms with Crippen LogP contribution in [0, 0.1) is 18.6 Å². The smallest absolute Gasteiger partial charge is 0.253 e. The summed E-state index contributed by atoms with van der Waals surface area (Å²) in [7, 11) is 0. The van der Waals surface area contributed by atoms with Gasteiger partial charge in [0.1, 0.15) is 11.6 Å². The fourth-order valence-corrected chi connectivity index (χ4v) is 4.67. The zero-order valence-electron chi connectivity index (χ0n) is 24.3. The second-order valence-electron chi connectivity index (χ2n) is 10.4. The molecule has 2 aromatic carbocycles. The molecule has 0 aromatic heterocycles. The number of carbonyl (C=O) groups excluding carboxylic acids is 3. The van der Waals surface area contributed by atoms with Gasteiger partial charge in [-0.3, -0.25) is 14.4 Å². The lowest BCUT2D eigenvalue weighted by Gasteiger charge is -2.25. The lowest BCUT2D eigenvalue weighted by atomic mass is 9.97. The largest absolute Gasteiger partial charge is 0.391 e. The van der Waals surface area contributed by atoms with E-state index in [1.165, 1.54) is 6.07 Å². The van der Waals surface area contributed by atoms with Gasteiger partial charge in [0, 0.05) is 43.2 Å². The van der Waals surface area contributed by atoms with Gasteiger partial charge in [-0.15, -0.1) is 0 Å². The third-order valence-corrected chi connectivity index (χ3v) is 6.64. The van der Waals surface area contributed by atoms with Crippen LogP contribution in [0.15, 0.2) is 36.4 Å². The van der Waals surface area contributed by atoms with Crippen LogP contribution in [0.4, 0.5) is 8.78 Å². The van der Waals surface area contributed by atoms with Gasteiger partial charge in [-0.2, -0.15) is 0 Å². The number of nitrogens with one attached hydrogen (secondary N) is 2. The van der Waals surface area contributed by atoms with Gasteiger partial charge < -0.3 is 26.4 Å². The number of halogens is 2. The van der Waals surface area contributed by atoms with Gasteiger partial charge >= 0.3 is 0 Å². The molecule has 0 bridgehead atoms. The molecule has 0 saturated carbocycles. The third kappa shape index (κ3) is 11.6. The number of amides is 3. The Kier molecular flexibility index (Phi) is 14.4. The van der Waals surface area contributed by atoms with E-state index in [-0.39, 0.29) is 42.3 Å². The van der Waals surface area contributed by atoms with Crippen molar-refractivity contribution in [2.75, 3.05) is 26.2 Å². The van der Waals surface area contributed by atoms with E-state index in [0.717, 1.165) is 43.0 Å². The van der Waals surface area contributed by atoms with Crippen molar-refractivity contribution in [3.05, 3.63) is 70.3 Å². The summed E-state index contributed by atoms with van der Waals surface area (Å²) in [6.07, 6.45) is 2.23. The molecule has 0 fully saturated rings. The number of unbranched alkanes of at least 4 members (excludes halogenated alkanes) is 1. The van der Waals surface area contributed by atoms with E-state index in [4.69, 9.17) is 5.73 Å². The minimum absolute atomic E-state index is 0.0512. The second kappa shape index (κ2) is 17.4. The van der Waals surface area contributed by atoms with E-state index in [2.05, 4.69) is 10.6 Å². The summed E-state index contributed by atoms with van der Waals surface area (Å²) < 4.78 is 27.8. The number of benzene rings is 2. The Balaban J connectivity index is 2.23. The number of nitrogens with zero attached hydrogens (tertiary/aromatic N) is 1. The molecule has 8 nitrogen and oxygen atoms in total. The first-order valence-electron chi connectivity index (χ1n) is 14.4. The number of nitrogens with two attached hydrogens (primary N) is 1. The minimum Gasteiger partial charge on any atom is -0.391 e. The average Bonchev–Trinajstić information content (AvgIpc) is 2.91. The Labute approximate surface area is 241 Å². The van der Waals surface area contributed by atoms with Crippen LogP contribution in [0.25, 0.3) is 0 Å². The third-order valence-electron chi connectivity index (χ3n) is 6.64. The summed E-state index contributed by atoms with van der Waals surface area (Å²) >= 11 is 0. The van der Waals surface area contributed by atoms with Gasteiger partial charge in [0.05, 0.1) is 12.1 Å². The number of aliphatic hydroxyl groups is 1. The van der Waals surface area contributed by atoms with Gasteiger partial charge in [-0.05, 0) is 93.5 Å². The molecule has 0 aliphatic rings. The summed E-state index contributed by atoms with van der Waals surface area (Å²) in [5.41, 5.74) is 7.05. The molecule has 3 amide bonds. The standard InChI is InChI=1S/C31H44F2N4O4/c1-4-12-37(13-5-2)31(41)24-15-21(3)14-23(19-24)30(40)36-27(18-22-16-25(32)20-26(33)17-22)28(38)9-11-35-29(39)8-6-7-10-34/h14-17,19-20,27-28,38H,4-13,18,34H2,1-3H3,(H,35,39)(H,36,40)/t27-,28+/m0/s1. The first-order valence-corrected chi connectivity index (χ1v) is 14.4. The van der Waals surface area contributed by atoms with Crippen LogP contribution in [-0.2, 0) is 11.2 Å². The maximum absolute atomic E-state index is 13.9.